The lowest BCUT2D eigenvalue weighted by atomic mass is 9.94. The number of ether oxygens (including phenoxy) is 1. The third-order valence-corrected chi connectivity index (χ3v) is 3.40. The molecule has 116 valence electrons. The lowest BCUT2D eigenvalue weighted by Gasteiger charge is -2.24. The van der Waals surface area contributed by atoms with Gasteiger partial charge in [0.2, 0.25) is 0 Å². The van der Waals surface area contributed by atoms with E-state index in [0.29, 0.717) is 0 Å². The number of nitrogens with zero attached hydrogens (tertiary/aromatic N) is 1. The molecule has 0 aromatic heterocycles. The van der Waals surface area contributed by atoms with Gasteiger partial charge in [0.15, 0.2) is 11.6 Å². The van der Waals surface area contributed by atoms with Gasteiger partial charge >= 0.3 is 6.09 Å². The third kappa shape index (κ3) is 3.50. The third-order valence-electron chi connectivity index (χ3n) is 3.40. The summed E-state index contributed by atoms with van der Waals surface area (Å²) in [6.07, 6.45) is -0.489. The molecule has 2 rings (SSSR count). The molecule has 1 aliphatic heterocycles. The number of halogens is 2. The average molecular weight is 298 g/mol. The zero-order valence-electron chi connectivity index (χ0n) is 12.4. The van der Waals surface area contributed by atoms with Gasteiger partial charge in [-0.1, -0.05) is 12.1 Å². The molecule has 1 saturated heterocycles. The number of carbonyl (C=O) groups is 1. The summed E-state index contributed by atoms with van der Waals surface area (Å²) >= 11 is 0. The Morgan fingerprint density at radius 1 is 1.33 bits per heavy atom. The lowest BCUT2D eigenvalue weighted by molar-refractivity contribution is 0.0290. The molecule has 0 aliphatic carbocycles. The Balaban J connectivity index is 2.15. The number of nitrogens with two attached hydrogens (primary N) is 1. The minimum atomic E-state index is -0.907. The second-order valence-electron chi connectivity index (χ2n) is 6.30. The van der Waals surface area contributed by atoms with E-state index in [4.69, 9.17) is 10.5 Å². The predicted molar refractivity (Wildman–Crippen MR) is 74.9 cm³/mol. The zero-order valence-corrected chi connectivity index (χ0v) is 12.4. The van der Waals surface area contributed by atoms with Crippen LogP contribution in [-0.4, -0.2) is 35.7 Å². The SMILES string of the molecule is CC(C)(C)OC(=O)N1CC(N)C(c2cccc(F)c2F)C1. The molecule has 0 saturated carbocycles. The number of carbonyl (C=O) groups excluding carboxylic acids is 1. The maximum Gasteiger partial charge on any atom is 0.410 e. The summed E-state index contributed by atoms with van der Waals surface area (Å²) in [5.74, 6) is -2.24. The van der Waals surface area contributed by atoms with Crippen molar-refractivity contribution >= 4 is 6.09 Å². The minimum absolute atomic E-state index is 0.202. The van der Waals surface area contributed by atoms with E-state index in [1.807, 2.05) is 0 Å². The topological polar surface area (TPSA) is 55.6 Å². The van der Waals surface area contributed by atoms with Crippen molar-refractivity contribution in [3.8, 4) is 0 Å². The molecule has 1 fully saturated rings. The molecule has 1 heterocycles. The van der Waals surface area contributed by atoms with Crippen LogP contribution in [-0.2, 0) is 4.74 Å². The molecule has 1 aromatic rings. The highest BCUT2D eigenvalue weighted by Crippen LogP contribution is 2.30. The van der Waals surface area contributed by atoms with Crippen LogP contribution in [0.15, 0.2) is 18.2 Å². The molecular formula is C15H20F2N2O2. The fraction of sp³-hybridized carbons (Fsp3) is 0.533. The molecule has 0 bridgehead atoms. The first-order chi connectivity index (χ1) is 9.69. The Bertz CT molecular complexity index is 543. The van der Waals surface area contributed by atoms with Crippen molar-refractivity contribution in [3.05, 3.63) is 35.4 Å². The van der Waals surface area contributed by atoms with E-state index in [9.17, 15) is 13.6 Å². The maximum atomic E-state index is 13.9. The average Bonchev–Trinajstić information content (AvgIpc) is 2.73. The molecule has 6 heteroatoms. The van der Waals surface area contributed by atoms with Crippen LogP contribution in [0.5, 0.6) is 0 Å². The summed E-state index contributed by atoms with van der Waals surface area (Å²) in [6.45, 7) is 5.78. The van der Waals surface area contributed by atoms with Gasteiger partial charge in [-0.15, -0.1) is 0 Å². The van der Waals surface area contributed by atoms with Crippen molar-refractivity contribution in [2.24, 2.45) is 5.73 Å². The standard InChI is InChI=1S/C15H20F2N2O2/c1-15(2,3)21-14(20)19-7-10(12(18)8-19)9-5-4-6-11(16)13(9)17/h4-6,10,12H,7-8,18H2,1-3H3. The molecule has 21 heavy (non-hydrogen) atoms. The van der Waals surface area contributed by atoms with E-state index < -0.39 is 35.3 Å². The normalized spacial score (nSPS) is 22.5. The molecule has 0 spiro atoms. The van der Waals surface area contributed by atoms with Crippen LogP contribution >= 0.6 is 0 Å². The van der Waals surface area contributed by atoms with Crippen molar-refractivity contribution in [1.82, 2.24) is 4.90 Å². The van der Waals surface area contributed by atoms with E-state index in [-0.39, 0.29) is 18.7 Å². The van der Waals surface area contributed by atoms with Crippen LogP contribution in [0.1, 0.15) is 32.3 Å². The zero-order chi connectivity index (χ0) is 15.8. The Hall–Kier alpha value is -1.69. The number of hydrogen-bond acceptors (Lipinski definition) is 3. The van der Waals surface area contributed by atoms with Gasteiger partial charge in [0.25, 0.3) is 0 Å². The first-order valence-electron chi connectivity index (χ1n) is 6.86. The fourth-order valence-electron chi connectivity index (χ4n) is 2.44. The number of hydrogen-bond donors (Lipinski definition) is 1. The van der Waals surface area contributed by atoms with Crippen molar-refractivity contribution in [2.45, 2.75) is 38.3 Å². The summed E-state index contributed by atoms with van der Waals surface area (Å²) in [7, 11) is 0. The number of likely N-dealkylation sites (tertiary alicyclic amines) is 1. The van der Waals surface area contributed by atoms with Crippen molar-refractivity contribution in [3.63, 3.8) is 0 Å². The Morgan fingerprint density at radius 2 is 2.00 bits per heavy atom. The highest BCUT2D eigenvalue weighted by Gasteiger charge is 2.37. The Morgan fingerprint density at radius 3 is 2.62 bits per heavy atom. The highest BCUT2D eigenvalue weighted by atomic mass is 19.2. The van der Waals surface area contributed by atoms with Gasteiger partial charge in [-0.2, -0.15) is 0 Å². The molecule has 1 amide bonds. The van der Waals surface area contributed by atoms with E-state index in [1.54, 1.807) is 20.8 Å². The molecule has 2 atom stereocenters. The Labute approximate surface area is 122 Å². The summed E-state index contributed by atoms with van der Waals surface area (Å²) in [6, 6.07) is 3.55. The van der Waals surface area contributed by atoms with E-state index in [1.165, 1.54) is 17.0 Å². The largest absolute Gasteiger partial charge is 0.444 e. The van der Waals surface area contributed by atoms with Crippen molar-refractivity contribution < 1.29 is 18.3 Å². The second kappa shape index (κ2) is 5.60. The summed E-state index contributed by atoms with van der Waals surface area (Å²) in [5.41, 5.74) is 5.58. The monoisotopic (exact) mass is 298 g/mol. The highest BCUT2D eigenvalue weighted by molar-refractivity contribution is 5.69. The van der Waals surface area contributed by atoms with E-state index in [0.717, 1.165) is 6.07 Å². The number of rotatable bonds is 1. The van der Waals surface area contributed by atoms with Crippen LogP contribution < -0.4 is 5.73 Å². The molecule has 2 unspecified atom stereocenters. The molecule has 2 N–H and O–H groups in total. The molecule has 1 aromatic carbocycles. The fourth-order valence-corrected chi connectivity index (χ4v) is 2.44. The first-order valence-corrected chi connectivity index (χ1v) is 6.86. The lowest BCUT2D eigenvalue weighted by Crippen LogP contribution is -2.36. The van der Waals surface area contributed by atoms with Gasteiger partial charge in [0, 0.05) is 25.0 Å². The van der Waals surface area contributed by atoms with E-state index in [2.05, 4.69) is 0 Å². The van der Waals surface area contributed by atoms with Gasteiger partial charge in [-0.05, 0) is 32.4 Å². The molecule has 0 radical (unpaired) electrons. The van der Waals surface area contributed by atoms with Crippen LogP contribution in [0.3, 0.4) is 0 Å². The minimum Gasteiger partial charge on any atom is -0.444 e. The molecular weight excluding hydrogens is 278 g/mol. The quantitative estimate of drug-likeness (QED) is 0.867. The summed E-state index contributed by atoms with van der Waals surface area (Å²) < 4.78 is 32.4. The molecule has 4 nitrogen and oxygen atoms in total. The van der Waals surface area contributed by atoms with Gasteiger partial charge < -0.3 is 15.4 Å². The van der Waals surface area contributed by atoms with Crippen LogP contribution in [0.25, 0.3) is 0 Å². The smallest absolute Gasteiger partial charge is 0.410 e. The van der Waals surface area contributed by atoms with Gasteiger partial charge in [-0.3, -0.25) is 0 Å². The van der Waals surface area contributed by atoms with Gasteiger partial charge in [0.1, 0.15) is 5.60 Å². The second-order valence-corrected chi connectivity index (χ2v) is 6.30. The molecule has 1 aliphatic rings. The van der Waals surface area contributed by atoms with Crippen molar-refractivity contribution in [2.75, 3.05) is 13.1 Å². The van der Waals surface area contributed by atoms with Gasteiger partial charge in [0.05, 0.1) is 0 Å². The maximum absolute atomic E-state index is 13.9. The van der Waals surface area contributed by atoms with Gasteiger partial charge in [-0.25, -0.2) is 13.6 Å². The van der Waals surface area contributed by atoms with E-state index >= 15 is 0 Å². The predicted octanol–water partition coefficient (Wildman–Crippen LogP) is 2.63. The number of benzene rings is 1. The van der Waals surface area contributed by atoms with Crippen LogP contribution in [0.2, 0.25) is 0 Å². The summed E-state index contributed by atoms with van der Waals surface area (Å²) in [5, 5.41) is 0. The first kappa shape index (κ1) is 15.7. The number of amides is 1. The Kier molecular flexibility index (Phi) is 4.18. The summed E-state index contributed by atoms with van der Waals surface area (Å²) in [4.78, 5) is 13.5. The van der Waals surface area contributed by atoms with Crippen LogP contribution in [0.4, 0.5) is 13.6 Å². The van der Waals surface area contributed by atoms with Crippen molar-refractivity contribution in [1.29, 1.82) is 0 Å². The van der Waals surface area contributed by atoms with Crippen LogP contribution in [0, 0.1) is 11.6 Å².